The van der Waals surface area contributed by atoms with E-state index in [9.17, 15) is 0 Å². The third-order valence-electron chi connectivity index (χ3n) is 2.28. The quantitative estimate of drug-likeness (QED) is 0.795. The monoisotopic (exact) mass is 202 g/mol. The first-order valence-electron chi connectivity index (χ1n) is 4.83. The number of hydrogen-bond acceptors (Lipinski definition) is 3. The Labute approximate surface area is 88.7 Å². The third kappa shape index (κ3) is 2.16. The van der Waals surface area contributed by atoms with Gasteiger partial charge < -0.3 is 11.1 Å². The van der Waals surface area contributed by atoms with Gasteiger partial charge in [0.05, 0.1) is 6.20 Å². The van der Waals surface area contributed by atoms with Gasteiger partial charge in [-0.3, -0.25) is 4.68 Å². The van der Waals surface area contributed by atoms with Crippen LogP contribution < -0.4 is 11.1 Å². The Morgan fingerprint density at radius 1 is 1.27 bits per heavy atom. The van der Waals surface area contributed by atoms with Crippen molar-refractivity contribution in [3.63, 3.8) is 0 Å². The number of rotatable bonds is 3. The minimum Gasteiger partial charge on any atom is -0.340 e. The minimum atomic E-state index is 0.575. The molecule has 1 aromatic heterocycles. The maximum atomic E-state index is 5.53. The largest absolute Gasteiger partial charge is 0.340 e. The topological polar surface area (TPSA) is 55.9 Å². The van der Waals surface area contributed by atoms with E-state index >= 15 is 0 Å². The first-order valence-corrected chi connectivity index (χ1v) is 4.83. The molecule has 0 aliphatic carbocycles. The molecule has 2 rings (SSSR count). The van der Waals surface area contributed by atoms with Crippen molar-refractivity contribution in [2.24, 2.45) is 12.8 Å². The van der Waals surface area contributed by atoms with E-state index in [-0.39, 0.29) is 0 Å². The van der Waals surface area contributed by atoms with Gasteiger partial charge in [0.2, 0.25) is 0 Å². The van der Waals surface area contributed by atoms with E-state index in [0.29, 0.717) is 6.54 Å². The van der Waals surface area contributed by atoms with E-state index in [4.69, 9.17) is 5.73 Å². The Morgan fingerprint density at radius 3 is 2.53 bits per heavy atom. The highest BCUT2D eigenvalue weighted by atomic mass is 15.3. The fourth-order valence-corrected chi connectivity index (χ4v) is 1.37. The van der Waals surface area contributed by atoms with Crippen molar-refractivity contribution >= 4 is 11.5 Å². The molecule has 0 spiro atoms. The Balaban J connectivity index is 2.14. The van der Waals surface area contributed by atoms with Crippen LogP contribution in [0, 0.1) is 0 Å². The summed E-state index contributed by atoms with van der Waals surface area (Å²) in [4.78, 5) is 0. The molecule has 1 aromatic carbocycles. The first-order chi connectivity index (χ1) is 7.29. The number of aryl methyl sites for hydroxylation is 1. The van der Waals surface area contributed by atoms with Crippen molar-refractivity contribution in [3.05, 3.63) is 42.1 Å². The lowest BCUT2D eigenvalue weighted by Gasteiger charge is -2.06. The summed E-state index contributed by atoms with van der Waals surface area (Å²) in [7, 11) is 1.90. The molecule has 2 aromatic rings. The van der Waals surface area contributed by atoms with Crippen LogP contribution in [0.25, 0.3) is 0 Å². The fourth-order valence-electron chi connectivity index (χ4n) is 1.37. The molecule has 15 heavy (non-hydrogen) atoms. The second-order valence-electron chi connectivity index (χ2n) is 3.37. The predicted molar refractivity (Wildman–Crippen MR) is 60.8 cm³/mol. The molecule has 0 radical (unpaired) electrons. The van der Waals surface area contributed by atoms with Crippen LogP contribution in [-0.2, 0) is 13.6 Å². The van der Waals surface area contributed by atoms with E-state index in [0.717, 1.165) is 17.1 Å². The molecular formula is C11H14N4. The van der Waals surface area contributed by atoms with Crippen LogP contribution in [0.3, 0.4) is 0 Å². The lowest BCUT2D eigenvalue weighted by Crippen LogP contribution is -2.00. The average molecular weight is 202 g/mol. The van der Waals surface area contributed by atoms with Crippen molar-refractivity contribution < 1.29 is 0 Å². The molecule has 0 atom stereocenters. The molecule has 0 aliphatic heterocycles. The van der Waals surface area contributed by atoms with Crippen LogP contribution >= 0.6 is 0 Å². The highest BCUT2D eigenvalue weighted by molar-refractivity contribution is 5.56. The van der Waals surface area contributed by atoms with Gasteiger partial charge in [0.25, 0.3) is 0 Å². The van der Waals surface area contributed by atoms with Gasteiger partial charge in [0, 0.05) is 25.3 Å². The summed E-state index contributed by atoms with van der Waals surface area (Å²) in [5, 5.41) is 7.34. The van der Waals surface area contributed by atoms with Crippen molar-refractivity contribution in [3.8, 4) is 0 Å². The van der Waals surface area contributed by atoms with Crippen LogP contribution in [-0.4, -0.2) is 9.78 Å². The highest BCUT2D eigenvalue weighted by Crippen LogP contribution is 2.15. The molecule has 0 fully saturated rings. The molecule has 4 nitrogen and oxygen atoms in total. The Kier molecular flexibility index (Phi) is 2.69. The third-order valence-corrected chi connectivity index (χ3v) is 2.28. The summed E-state index contributed by atoms with van der Waals surface area (Å²) >= 11 is 0. The smallest absolute Gasteiger partial charge is 0.128 e. The van der Waals surface area contributed by atoms with Crippen molar-refractivity contribution in [2.75, 3.05) is 5.32 Å². The number of anilines is 2. The van der Waals surface area contributed by atoms with Gasteiger partial charge in [-0.2, -0.15) is 5.10 Å². The van der Waals surface area contributed by atoms with E-state index in [2.05, 4.69) is 10.4 Å². The van der Waals surface area contributed by atoms with Crippen molar-refractivity contribution in [2.45, 2.75) is 6.54 Å². The van der Waals surface area contributed by atoms with Gasteiger partial charge in [-0.15, -0.1) is 0 Å². The lowest BCUT2D eigenvalue weighted by atomic mass is 10.2. The van der Waals surface area contributed by atoms with Gasteiger partial charge in [0.1, 0.15) is 5.82 Å². The number of nitrogens with two attached hydrogens (primary N) is 1. The number of nitrogens with zero attached hydrogens (tertiary/aromatic N) is 2. The summed E-state index contributed by atoms with van der Waals surface area (Å²) in [5.41, 5.74) is 7.69. The number of benzene rings is 1. The maximum Gasteiger partial charge on any atom is 0.128 e. The van der Waals surface area contributed by atoms with Gasteiger partial charge >= 0.3 is 0 Å². The summed E-state index contributed by atoms with van der Waals surface area (Å²) < 4.78 is 1.79. The number of nitrogens with one attached hydrogen (secondary N) is 1. The summed E-state index contributed by atoms with van der Waals surface area (Å²) in [6.07, 6.45) is 1.76. The summed E-state index contributed by atoms with van der Waals surface area (Å²) in [6, 6.07) is 9.97. The lowest BCUT2D eigenvalue weighted by molar-refractivity contribution is 0.776. The molecule has 3 N–H and O–H groups in total. The van der Waals surface area contributed by atoms with Crippen molar-refractivity contribution in [1.82, 2.24) is 9.78 Å². The second kappa shape index (κ2) is 4.14. The molecule has 0 unspecified atom stereocenters. The average Bonchev–Trinajstić information content (AvgIpc) is 2.66. The van der Waals surface area contributed by atoms with Crippen LogP contribution in [0.4, 0.5) is 11.5 Å². The van der Waals surface area contributed by atoms with Crippen LogP contribution in [0.5, 0.6) is 0 Å². The first kappa shape index (κ1) is 9.73. The van der Waals surface area contributed by atoms with Crippen LogP contribution in [0.2, 0.25) is 0 Å². The van der Waals surface area contributed by atoms with Gasteiger partial charge in [-0.1, -0.05) is 12.1 Å². The van der Waals surface area contributed by atoms with Gasteiger partial charge in [0.15, 0.2) is 0 Å². The molecule has 0 saturated heterocycles. The predicted octanol–water partition coefficient (Wildman–Crippen LogP) is 1.62. The maximum absolute atomic E-state index is 5.53. The molecule has 1 heterocycles. The molecule has 0 bridgehead atoms. The van der Waals surface area contributed by atoms with E-state index in [1.165, 1.54) is 0 Å². The second-order valence-corrected chi connectivity index (χ2v) is 3.37. The zero-order chi connectivity index (χ0) is 10.7. The van der Waals surface area contributed by atoms with Gasteiger partial charge in [-0.05, 0) is 17.7 Å². The van der Waals surface area contributed by atoms with Crippen LogP contribution in [0.15, 0.2) is 36.5 Å². The van der Waals surface area contributed by atoms with Gasteiger partial charge in [-0.25, -0.2) is 0 Å². The Bertz CT molecular complexity index is 430. The van der Waals surface area contributed by atoms with Crippen molar-refractivity contribution in [1.29, 1.82) is 0 Å². The molecule has 0 amide bonds. The Hall–Kier alpha value is -1.81. The summed E-state index contributed by atoms with van der Waals surface area (Å²) in [5.74, 6) is 0.968. The molecule has 0 aliphatic rings. The Morgan fingerprint density at radius 2 is 2.00 bits per heavy atom. The number of hydrogen-bond donors (Lipinski definition) is 2. The van der Waals surface area contributed by atoms with E-state index in [1.54, 1.807) is 10.9 Å². The normalized spacial score (nSPS) is 10.3. The molecule has 4 heteroatoms. The fraction of sp³-hybridized carbons (Fsp3) is 0.182. The van der Waals surface area contributed by atoms with Crippen LogP contribution in [0.1, 0.15) is 5.56 Å². The molecular weight excluding hydrogens is 188 g/mol. The zero-order valence-electron chi connectivity index (χ0n) is 8.64. The zero-order valence-corrected chi connectivity index (χ0v) is 8.64. The minimum absolute atomic E-state index is 0.575. The molecule has 0 saturated carbocycles. The summed E-state index contributed by atoms with van der Waals surface area (Å²) in [6.45, 7) is 0.575. The standard InChI is InChI=1S/C11H14N4/c1-15-11(6-7-13-15)14-10-4-2-9(8-12)3-5-10/h2-7,14H,8,12H2,1H3. The van der Waals surface area contributed by atoms with E-state index < -0.39 is 0 Å². The number of aromatic nitrogens is 2. The van der Waals surface area contributed by atoms with E-state index in [1.807, 2.05) is 37.4 Å². The highest BCUT2D eigenvalue weighted by Gasteiger charge is 1.98. The molecule has 78 valence electrons. The SMILES string of the molecule is Cn1nccc1Nc1ccc(CN)cc1.